The number of rotatable bonds is 10. The summed E-state index contributed by atoms with van der Waals surface area (Å²) in [6.45, 7) is 2.06. The standard InChI is InChI=1S/C21H22N2O7/c1-4-27-14-5-7-15(8-6-14)28-13-20(24)29-12-19-22-21(23-30-19)17-10-9-16(25-2)11-18(17)26-3/h5-11H,4,12-13H2,1-3H3. The van der Waals surface area contributed by atoms with Crippen LogP contribution in [0.15, 0.2) is 47.0 Å². The molecular formula is C21H22N2O7. The molecule has 0 N–H and O–H groups in total. The summed E-state index contributed by atoms with van der Waals surface area (Å²) >= 11 is 0. The van der Waals surface area contributed by atoms with Gasteiger partial charge >= 0.3 is 5.97 Å². The number of aromatic nitrogens is 2. The minimum Gasteiger partial charge on any atom is -0.497 e. The fourth-order valence-corrected chi connectivity index (χ4v) is 2.53. The summed E-state index contributed by atoms with van der Waals surface area (Å²) in [5.41, 5.74) is 0.624. The third kappa shape index (κ3) is 5.40. The Balaban J connectivity index is 1.52. The van der Waals surface area contributed by atoms with E-state index < -0.39 is 5.97 Å². The normalized spacial score (nSPS) is 10.4. The molecule has 158 valence electrons. The molecule has 3 rings (SSSR count). The van der Waals surface area contributed by atoms with Gasteiger partial charge in [0.2, 0.25) is 5.82 Å². The Labute approximate surface area is 173 Å². The van der Waals surface area contributed by atoms with E-state index >= 15 is 0 Å². The van der Waals surface area contributed by atoms with Crippen molar-refractivity contribution >= 4 is 5.97 Å². The number of hydrogen-bond acceptors (Lipinski definition) is 9. The SMILES string of the molecule is CCOc1ccc(OCC(=O)OCc2nc(-c3ccc(OC)cc3OC)no2)cc1. The predicted octanol–water partition coefficient (Wildman–Crippen LogP) is 3.27. The average molecular weight is 414 g/mol. The molecule has 0 unspecified atom stereocenters. The lowest BCUT2D eigenvalue weighted by molar-refractivity contribution is -0.148. The lowest BCUT2D eigenvalue weighted by atomic mass is 10.2. The summed E-state index contributed by atoms with van der Waals surface area (Å²) in [7, 11) is 3.10. The van der Waals surface area contributed by atoms with Crippen LogP contribution in [0, 0.1) is 0 Å². The molecular weight excluding hydrogens is 392 g/mol. The Bertz CT molecular complexity index is 970. The van der Waals surface area contributed by atoms with E-state index in [1.54, 1.807) is 49.6 Å². The fraction of sp³-hybridized carbons (Fsp3) is 0.286. The summed E-state index contributed by atoms with van der Waals surface area (Å²) < 4.78 is 31.5. The van der Waals surface area contributed by atoms with Gasteiger partial charge in [-0.15, -0.1) is 0 Å². The van der Waals surface area contributed by atoms with Gasteiger partial charge in [-0.2, -0.15) is 4.98 Å². The van der Waals surface area contributed by atoms with Crippen molar-refractivity contribution in [3.8, 4) is 34.4 Å². The Kier molecular flexibility index (Phi) is 7.09. The molecule has 9 heteroatoms. The number of carbonyl (C=O) groups excluding carboxylic acids is 1. The monoisotopic (exact) mass is 414 g/mol. The van der Waals surface area contributed by atoms with Crippen LogP contribution in [0.5, 0.6) is 23.0 Å². The van der Waals surface area contributed by atoms with Gasteiger partial charge < -0.3 is 28.2 Å². The molecule has 0 aliphatic heterocycles. The van der Waals surface area contributed by atoms with Crippen LogP contribution in [0.25, 0.3) is 11.4 Å². The van der Waals surface area contributed by atoms with Gasteiger partial charge in [-0.05, 0) is 43.3 Å². The molecule has 0 saturated heterocycles. The van der Waals surface area contributed by atoms with Crippen molar-refractivity contribution < 1.29 is 33.0 Å². The Morgan fingerprint density at radius 1 is 0.967 bits per heavy atom. The molecule has 0 atom stereocenters. The van der Waals surface area contributed by atoms with Crippen LogP contribution in [0.3, 0.4) is 0 Å². The molecule has 1 heterocycles. The van der Waals surface area contributed by atoms with Gasteiger partial charge in [-0.25, -0.2) is 4.79 Å². The van der Waals surface area contributed by atoms with E-state index in [0.29, 0.717) is 35.2 Å². The summed E-state index contributed by atoms with van der Waals surface area (Å²) in [5.74, 6) is 2.33. The number of esters is 1. The highest BCUT2D eigenvalue weighted by Crippen LogP contribution is 2.31. The predicted molar refractivity (Wildman–Crippen MR) is 106 cm³/mol. The summed E-state index contributed by atoms with van der Waals surface area (Å²) in [6, 6.07) is 12.2. The van der Waals surface area contributed by atoms with Crippen molar-refractivity contribution in [3.63, 3.8) is 0 Å². The van der Waals surface area contributed by atoms with E-state index in [9.17, 15) is 4.79 Å². The molecule has 0 saturated carbocycles. The van der Waals surface area contributed by atoms with Crippen molar-refractivity contribution in [1.29, 1.82) is 0 Å². The first-order valence-electron chi connectivity index (χ1n) is 9.19. The smallest absolute Gasteiger partial charge is 0.344 e. The number of nitrogens with zero attached hydrogens (tertiary/aromatic N) is 2. The van der Waals surface area contributed by atoms with E-state index in [2.05, 4.69) is 10.1 Å². The Morgan fingerprint density at radius 2 is 1.67 bits per heavy atom. The van der Waals surface area contributed by atoms with Gasteiger partial charge in [0.25, 0.3) is 5.89 Å². The zero-order chi connectivity index (χ0) is 21.3. The van der Waals surface area contributed by atoms with E-state index in [1.165, 1.54) is 7.11 Å². The highest BCUT2D eigenvalue weighted by atomic mass is 16.6. The maximum atomic E-state index is 11.9. The topological polar surface area (TPSA) is 102 Å². The lowest BCUT2D eigenvalue weighted by Crippen LogP contribution is -2.14. The van der Waals surface area contributed by atoms with Crippen LogP contribution in [0.4, 0.5) is 0 Å². The maximum Gasteiger partial charge on any atom is 0.344 e. The maximum absolute atomic E-state index is 11.9. The van der Waals surface area contributed by atoms with Crippen LogP contribution in [0.1, 0.15) is 12.8 Å². The van der Waals surface area contributed by atoms with Crippen LogP contribution >= 0.6 is 0 Å². The minimum atomic E-state index is -0.564. The quantitative estimate of drug-likeness (QED) is 0.462. The summed E-state index contributed by atoms with van der Waals surface area (Å²) in [5, 5.41) is 3.90. The van der Waals surface area contributed by atoms with Crippen LogP contribution in [-0.4, -0.2) is 43.5 Å². The fourth-order valence-electron chi connectivity index (χ4n) is 2.53. The Morgan fingerprint density at radius 3 is 2.33 bits per heavy atom. The second kappa shape index (κ2) is 10.1. The molecule has 0 amide bonds. The van der Waals surface area contributed by atoms with Gasteiger partial charge in [-0.1, -0.05) is 5.16 Å². The van der Waals surface area contributed by atoms with E-state index in [-0.39, 0.29) is 19.1 Å². The largest absolute Gasteiger partial charge is 0.497 e. The van der Waals surface area contributed by atoms with Crippen molar-refractivity contribution in [3.05, 3.63) is 48.4 Å². The van der Waals surface area contributed by atoms with E-state index in [4.69, 9.17) is 28.2 Å². The van der Waals surface area contributed by atoms with Gasteiger partial charge in [0.1, 0.15) is 23.0 Å². The van der Waals surface area contributed by atoms with Crippen molar-refractivity contribution in [2.45, 2.75) is 13.5 Å². The average Bonchev–Trinajstić information content (AvgIpc) is 3.25. The first kappa shape index (κ1) is 21.0. The van der Waals surface area contributed by atoms with Crippen molar-refractivity contribution in [1.82, 2.24) is 10.1 Å². The molecule has 0 aliphatic carbocycles. The lowest BCUT2D eigenvalue weighted by Gasteiger charge is -2.07. The first-order chi connectivity index (χ1) is 14.6. The van der Waals surface area contributed by atoms with Gasteiger partial charge in [-0.3, -0.25) is 0 Å². The van der Waals surface area contributed by atoms with Gasteiger partial charge in [0.05, 0.1) is 26.4 Å². The molecule has 0 fully saturated rings. The first-order valence-corrected chi connectivity index (χ1v) is 9.19. The van der Waals surface area contributed by atoms with Crippen LogP contribution < -0.4 is 18.9 Å². The van der Waals surface area contributed by atoms with Gasteiger partial charge in [0.15, 0.2) is 13.2 Å². The second-order valence-electron chi connectivity index (χ2n) is 5.93. The molecule has 2 aromatic carbocycles. The summed E-state index contributed by atoms with van der Waals surface area (Å²) in [4.78, 5) is 16.1. The number of hydrogen-bond donors (Lipinski definition) is 0. The van der Waals surface area contributed by atoms with Crippen molar-refractivity contribution in [2.75, 3.05) is 27.4 Å². The van der Waals surface area contributed by atoms with Crippen LogP contribution in [-0.2, 0) is 16.1 Å². The summed E-state index contributed by atoms with van der Waals surface area (Å²) in [6.07, 6.45) is 0. The van der Waals surface area contributed by atoms with E-state index in [0.717, 1.165) is 5.75 Å². The molecule has 30 heavy (non-hydrogen) atoms. The Hall–Kier alpha value is -3.75. The molecule has 1 aromatic heterocycles. The molecule has 0 aliphatic rings. The number of ether oxygens (including phenoxy) is 5. The van der Waals surface area contributed by atoms with E-state index in [1.807, 2.05) is 6.92 Å². The molecule has 0 bridgehead atoms. The second-order valence-corrected chi connectivity index (χ2v) is 5.93. The highest BCUT2D eigenvalue weighted by molar-refractivity contribution is 5.71. The minimum absolute atomic E-state index is 0.150. The third-order valence-electron chi connectivity index (χ3n) is 3.97. The zero-order valence-electron chi connectivity index (χ0n) is 16.9. The van der Waals surface area contributed by atoms with Gasteiger partial charge in [0, 0.05) is 6.07 Å². The number of carbonyl (C=O) groups is 1. The highest BCUT2D eigenvalue weighted by Gasteiger charge is 2.15. The molecule has 3 aromatic rings. The molecule has 0 radical (unpaired) electrons. The number of benzene rings is 2. The molecule has 0 spiro atoms. The van der Waals surface area contributed by atoms with Crippen molar-refractivity contribution in [2.24, 2.45) is 0 Å². The third-order valence-corrected chi connectivity index (χ3v) is 3.97. The number of methoxy groups -OCH3 is 2. The zero-order valence-corrected chi connectivity index (χ0v) is 16.9. The molecule has 9 nitrogen and oxygen atoms in total. The van der Waals surface area contributed by atoms with Crippen LogP contribution in [0.2, 0.25) is 0 Å².